The van der Waals surface area contributed by atoms with Crippen molar-refractivity contribution in [1.29, 1.82) is 0 Å². The standard InChI is InChI=1S/C31H32N4O6/c1-21(33-31(39)41-20-23-12-6-3-7-13-23)29(37)35-18-24(25-14-8-9-15-27(25)35)16-26(34-28(36)17-32)30(38)40-19-22-10-4-2-5-11-22/h2-15,18,21,26H,16-17,19-20,32H2,1H3,(H,33,39)(H,34,36)/t21-,26-/m0/s1. The highest BCUT2D eigenvalue weighted by Gasteiger charge is 2.26. The fourth-order valence-corrected chi connectivity index (χ4v) is 4.30. The van der Waals surface area contributed by atoms with Gasteiger partial charge in [-0.3, -0.25) is 14.2 Å². The molecule has 41 heavy (non-hydrogen) atoms. The number of nitrogens with zero attached hydrogens (tertiary/aromatic N) is 1. The molecule has 10 heteroatoms. The lowest BCUT2D eigenvalue weighted by molar-refractivity contribution is -0.149. The molecule has 0 radical (unpaired) electrons. The Hall–Kier alpha value is -4.96. The number of hydrogen-bond donors (Lipinski definition) is 3. The van der Waals surface area contributed by atoms with Crippen LogP contribution in [-0.2, 0) is 38.7 Å². The van der Waals surface area contributed by atoms with Crippen molar-refractivity contribution in [3.05, 3.63) is 108 Å². The van der Waals surface area contributed by atoms with Crippen molar-refractivity contribution < 1.29 is 28.7 Å². The Kier molecular flexibility index (Phi) is 9.85. The minimum atomic E-state index is -1.03. The smallest absolute Gasteiger partial charge is 0.408 e. The Morgan fingerprint density at radius 2 is 1.39 bits per heavy atom. The second-order valence-electron chi connectivity index (χ2n) is 9.43. The monoisotopic (exact) mass is 556 g/mol. The number of amides is 2. The predicted octanol–water partition coefficient (Wildman–Crippen LogP) is 3.33. The second-order valence-corrected chi connectivity index (χ2v) is 9.43. The van der Waals surface area contributed by atoms with Crippen molar-refractivity contribution in [1.82, 2.24) is 15.2 Å². The van der Waals surface area contributed by atoms with Crippen molar-refractivity contribution in [2.45, 2.75) is 38.6 Å². The number of benzene rings is 3. The molecule has 0 saturated carbocycles. The van der Waals surface area contributed by atoms with Crippen molar-refractivity contribution in [3.8, 4) is 0 Å². The van der Waals surface area contributed by atoms with Gasteiger partial charge in [0.1, 0.15) is 25.3 Å². The number of nitrogens with two attached hydrogens (primary N) is 1. The van der Waals surface area contributed by atoms with Gasteiger partial charge in [-0.25, -0.2) is 9.59 Å². The number of alkyl carbamates (subject to hydrolysis) is 1. The molecule has 4 aromatic rings. The lowest BCUT2D eigenvalue weighted by Crippen LogP contribution is -2.45. The van der Waals surface area contributed by atoms with E-state index in [4.69, 9.17) is 15.2 Å². The van der Waals surface area contributed by atoms with Crippen LogP contribution in [0.5, 0.6) is 0 Å². The maximum atomic E-state index is 13.4. The zero-order chi connectivity index (χ0) is 29.2. The van der Waals surface area contributed by atoms with Crippen molar-refractivity contribution in [2.75, 3.05) is 6.54 Å². The summed E-state index contributed by atoms with van der Waals surface area (Å²) in [4.78, 5) is 50.9. The molecule has 0 aliphatic carbocycles. The normalized spacial score (nSPS) is 12.2. The molecule has 0 bridgehead atoms. The number of rotatable bonds is 11. The summed E-state index contributed by atoms with van der Waals surface area (Å²) in [5.41, 5.74) is 8.32. The van der Waals surface area contributed by atoms with Gasteiger partial charge in [-0.05, 0) is 29.7 Å². The number of fused-ring (bicyclic) bond motifs is 1. The molecule has 0 aliphatic rings. The topological polar surface area (TPSA) is 142 Å². The van der Waals surface area contributed by atoms with Crippen LogP contribution in [0.15, 0.2) is 91.1 Å². The molecule has 212 valence electrons. The summed E-state index contributed by atoms with van der Waals surface area (Å²) in [5, 5.41) is 5.91. The van der Waals surface area contributed by atoms with E-state index in [2.05, 4.69) is 10.6 Å². The van der Waals surface area contributed by atoms with Crippen LogP contribution in [-0.4, -0.2) is 47.1 Å². The van der Waals surface area contributed by atoms with E-state index in [1.807, 2.05) is 72.8 Å². The lowest BCUT2D eigenvalue weighted by atomic mass is 10.0. The van der Waals surface area contributed by atoms with Gasteiger partial charge < -0.3 is 25.8 Å². The first-order chi connectivity index (χ1) is 19.9. The minimum Gasteiger partial charge on any atom is -0.459 e. The van der Waals surface area contributed by atoms with Crippen LogP contribution in [0.3, 0.4) is 0 Å². The van der Waals surface area contributed by atoms with Crippen LogP contribution < -0.4 is 16.4 Å². The van der Waals surface area contributed by atoms with E-state index >= 15 is 0 Å². The summed E-state index contributed by atoms with van der Waals surface area (Å²) < 4.78 is 12.1. The summed E-state index contributed by atoms with van der Waals surface area (Å²) in [6.45, 7) is 1.37. The van der Waals surface area contributed by atoms with E-state index in [9.17, 15) is 19.2 Å². The van der Waals surface area contributed by atoms with Crippen LogP contribution in [0.1, 0.15) is 28.4 Å². The number of hydrogen-bond acceptors (Lipinski definition) is 7. The number of carbonyl (C=O) groups is 4. The largest absolute Gasteiger partial charge is 0.459 e. The molecule has 1 aromatic heterocycles. The molecule has 1 heterocycles. The van der Waals surface area contributed by atoms with Crippen LogP contribution in [0.2, 0.25) is 0 Å². The highest BCUT2D eigenvalue weighted by atomic mass is 16.5. The van der Waals surface area contributed by atoms with Gasteiger partial charge in [0.25, 0.3) is 5.91 Å². The highest BCUT2D eigenvalue weighted by Crippen LogP contribution is 2.23. The SMILES string of the molecule is C[C@H](NC(=O)OCc1ccccc1)C(=O)n1cc(C[C@H](NC(=O)CN)C(=O)OCc2ccccc2)c2ccccc21. The van der Waals surface area contributed by atoms with E-state index < -0.39 is 36.0 Å². The zero-order valence-corrected chi connectivity index (χ0v) is 22.6. The minimum absolute atomic E-state index is 0.0401. The van der Waals surface area contributed by atoms with Gasteiger partial charge in [0.15, 0.2) is 0 Å². The third kappa shape index (κ3) is 7.80. The van der Waals surface area contributed by atoms with Crippen molar-refractivity contribution in [3.63, 3.8) is 0 Å². The molecule has 0 spiro atoms. The molecule has 3 aromatic carbocycles. The van der Waals surface area contributed by atoms with Crippen LogP contribution in [0.4, 0.5) is 4.79 Å². The van der Waals surface area contributed by atoms with Gasteiger partial charge in [0.2, 0.25) is 5.91 Å². The molecule has 4 rings (SSSR count). The third-order valence-electron chi connectivity index (χ3n) is 6.40. The van der Waals surface area contributed by atoms with Gasteiger partial charge in [-0.15, -0.1) is 0 Å². The number of carbonyl (C=O) groups excluding carboxylic acids is 4. The number of ether oxygens (including phenoxy) is 2. The molecule has 0 saturated heterocycles. The molecule has 0 aliphatic heterocycles. The summed E-state index contributed by atoms with van der Waals surface area (Å²) in [5.74, 6) is -1.55. The van der Waals surface area contributed by atoms with Gasteiger partial charge in [0, 0.05) is 18.0 Å². The number of para-hydroxylation sites is 1. The molecule has 2 atom stereocenters. The Bertz CT molecular complexity index is 1500. The summed E-state index contributed by atoms with van der Waals surface area (Å²) in [7, 11) is 0. The van der Waals surface area contributed by atoms with Crippen LogP contribution in [0.25, 0.3) is 10.9 Å². The first-order valence-electron chi connectivity index (χ1n) is 13.2. The molecular formula is C31H32N4O6. The number of esters is 1. The van der Waals surface area contributed by atoms with Gasteiger partial charge in [-0.1, -0.05) is 78.9 Å². The molecule has 2 amide bonds. The maximum absolute atomic E-state index is 13.4. The second kappa shape index (κ2) is 13.9. The highest BCUT2D eigenvalue weighted by molar-refractivity contribution is 5.98. The molecule has 0 unspecified atom stereocenters. The van der Waals surface area contributed by atoms with E-state index in [1.54, 1.807) is 25.3 Å². The zero-order valence-electron chi connectivity index (χ0n) is 22.6. The maximum Gasteiger partial charge on any atom is 0.408 e. The third-order valence-corrected chi connectivity index (χ3v) is 6.40. The Morgan fingerprint density at radius 1 is 0.805 bits per heavy atom. The quantitative estimate of drug-likeness (QED) is 0.241. The Balaban J connectivity index is 1.49. The van der Waals surface area contributed by atoms with Crippen molar-refractivity contribution in [2.24, 2.45) is 5.73 Å². The first kappa shape index (κ1) is 29.0. The van der Waals surface area contributed by atoms with Crippen LogP contribution in [0, 0.1) is 0 Å². The fraction of sp³-hybridized carbons (Fsp3) is 0.226. The summed E-state index contributed by atoms with van der Waals surface area (Å²) in [6, 6.07) is 23.6. The fourth-order valence-electron chi connectivity index (χ4n) is 4.30. The molecule has 10 nitrogen and oxygen atoms in total. The summed E-state index contributed by atoms with van der Waals surface area (Å²) >= 11 is 0. The predicted molar refractivity (Wildman–Crippen MR) is 153 cm³/mol. The van der Waals surface area contributed by atoms with Crippen LogP contribution >= 0.6 is 0 Å². The average molecular weight is 557 g/mol. The average Bonchev–Trinajstić information content (AvgIpc) is 3.37. The number of nitrogens with one attached hydrogen (secondary N) is 2. The van der Waals surface area contributed by atoms with Crippen molar-refractivity contribution >= 4 is 34.8 Å². The van der Waals surface area contributed by atoms with E-state index in [0.29, 0.717) is 16.5 Å². The first-order valence-corrected chi connectivity index (χ1v) is 13.2. The Labute approximate surface area is 237 Å². The van der Waals surface area contributed by atoms with Gasteiger partial charge in [0.05, 0.1) is 12.1 Å². The van der Waals surface area contributed by atoms with E-state index in [-0.39, 0.29) is 26.2 Å². The molecule has 0 fully saturated rings. The lowest BCUT2D eigenvalue weighted by Gasteiger charge is -2.17. The van der Waals surface area contributed by atoms with Gasteiger partial charge in [-0.2, -0.15) is 0 Å². The van der Waals surface area contributed by atoms with Gasteiger partial charge >= 0.3 is 12.1 Å². The Morgan fingerprint density at radius 3 is 2.02 bits per heavy atom. The molecule has 4 N–H and O–H groups in total. The number of aromatic nitrogens is 1. The summed E-state index contributed by atoms with van der Waals surface area (Å²) in [6.07, 6.45) is 0.935. The van der Waals surface area contributed by atoms with E-state index in [0.717, 1.165) is 11.1 Å². The molecular weight excluding hydrogens is 524 g/mol. The van der Waals surface area contributed by atoms with E-state index in [1.165, 1.54) is 4.57 Å².